The Morgan fingerprint density at radius 1 is 0.773 bits per heavy atom. The molecule has 19 heteroatoms. The van der Waals surface area contributed by atoms with Crippen molar-refractivity contribution in [1.29, 1.82) is 0 Å². The summed E-state index contributed by atoms with van der Waals surface area (Å²) < 4.78 is 81.0. The average molecular weight is 953 g/mol. The van der Waals surface area contributed by atoms with Crippen LogP contribution in [0, 0.1) is 40.4 Å². The van der Waals surface area contributed by atoms with E-state index >= 15 is 0 Å². The molecule has 3 N–H and O–H groups in total. The molecule has 6 aliphatic heterocycles. The lowest BCUT2D eigenvalue weighted by Gasteiger charge is -2.55. The van der Waals surface area contributed by atoms with E-state index in [1.165, 1.54) is 11.1 Å². The second-order valence-electron chi connectivity index (χ2n) is 21.0. The Bertz CT molecular complexity index is 2070. The maximum atomic E-state index is 12.2. The van der Waals surface area contributed by atoms with Gasteiger partial charge in [0.25, 0.3) is 0 Å². The first-order chi connectivity index (χ1) is 31.3. The van der Waals surface area contributed by atoms with E-state index in [1.807, 2.05) is 6.79 Å². The van der Waals surface area contributed by atoms with E-state index in [-0.39, 0.29) is 65.6 Å². The molecular formula is C47H69O18P. The standard InChI is InChI=1S/C23H32O5.C21H29O11P.C2H6O.CH2O/c1-12(2)15-8-19-23(28-19)21(4)7-6-14-13(3)25-10-16(14)17(21)9-18-22(23,27-18)20(15)26-11-24-5;1-9(22)14-15(27-3)17-21(32-17)19(2)5-4-10-11(7-28-18(10)23)12(19)6-13-20(21,31-13)16(14)29-8-30-33(24,25)26;1-3-2;1-2/h12,15,17-20H,3,6-11H2,1-2,4-5H3;9,12-17,22H,4-8H2,1-3H3,(H2,24,25,26);1-2H3;1H2. The lowest BCUT2D eigenvalue weighted by molar-refractivity contribution is -0.188. The number of cyclic esters (lactones) is 1. The van der Waals surface area contributed by atoms with Crippen LogP contribution >= 0.6 is 7.82 Å². The molecule has 18 unspecified atom stereocenters. The second kappa shape index (κ2) is 16.7. The van der Waals surface area contributed by atoms with Gasteiger partial charge in [-0.05, 0) is 92.3 Å². The number of epoxide rings is 4. The molecule has 0 aromatic carbocycles. The summed E-state index contributed by atoms with van der Waals surface area (Å²) in [5.41, 5.74) is 2.08. The van der Waals surface area contributed by atoms with Crippen molar-refractivity contribution in [3.8, 4) is 0 Å². The summed E-state index contributed by atoms with van der Waals surface area (Å²) >= 11 is 0. The number of aliphatic hydroxyl groups excluding tert-OH is 1. The number of carbonyl (C=O) groups is 2. The minimum atomic E-state index is -4.75. The number of hydrogen-bond acceptors (Lipinski definition) is 16. The van der Waals surface area contributed by atoms with Gasteiger partial charge in [0.05, 0.1) is 36.6 Å². The highest BCUT2D eigenvalue weighted by molar-refractivity contribution is 7.46. The molecule has 370 valence electrons. The molecule has 0 bridgehead atoms. The van der Waals surface area contributed by atoms with Gasteiger partial charge in [-0.1, -0.05) is 34.3 Å². The third kappa shape index (κ3) is 6.43. The molecule has 0 radical (unpaired) electrons. The summed E-state index contributed by atoms with van der Waals surface area (Å²) in [6, 6.07) is 0. The predicted molar refractivity (Wildman–Crippen MR) is 230 cm³/mol. The number of carbonyl (C=O) groups excluding carboxylic acids is 2. The molecule has 6 heterocycles. The van der Waals surface area contributed by atoms with E-state index in [4.69, 9.17) is 61.9 Å². The molecule has 6 aliphatic carbocycles. The normalized spacial score (nSPS) is 48.0. The minimum absolute atomic E-state index is 0.0333. The Labute approximate surface area is 386 Å². The van der Waals surface area contributed by atoms with Crippen molar-refractivity contribution in [2.24, 2.45) is 40.4 Å². The Kier molecular flexibility index (Phi) is 12.4. The van der Waals surface area contributed by atoms with Gasteiger partial charge in [-0.15, -0.1) is 0 Å². The number of phosphoric acid groups is 1. The molecule has 0 aromatic heterocycles. The van der Waals surface area contributed by atoms with Gasteiger partial charge in [-0.25, -0.2) is 9.36 Å². The van der Waals surface area contributed by atoms with Gasteiger partial charge in [0.1, 0.15) is 56.0 Å². The Morgan fingerprint density at radius 2 is 1.33 bits per heavy atom. The molecule has 0 aromatic rings. The van der Waals surface area contributed by atoms with Crippen molar-refractivity contribution in [2.45, 2.75) is 151 Å². The molecule has 66 heavy (non-hydrogen) atoms. The van der Waals surface area contributed by atoms with E-state index in [0.717, 1.165) is 42.6 Å². The van der Waals surface area contributed by atoms with Crippen molar-refractivity contribution in [3.63, 3.8) is 0 Å². The highest BCUT2D eigenvalue weighted by atomic mass is 31.2. The van der Waals surface area contributed by atoms with Crippen LogP contribution in [0.2, 0.25) is 0 Å². The number of aliphatic hydroxyl groups is 1. The van der Waals surface area contributed by atoms with E-state index in [2.05, 4.69) is 43.5 Å². The van der Waals surface area contributed by atoms with Gasteiger partial charge in [0.15, 0.2) is 18.0 Å². The second-order valence-corrected chi connectivity index (χ2v) is 22.3. The molecule has 12 rings (SSSR count). The molecule has 18 atom stereocenters. The van der Waals surface area contributed by atoms with Gasteiger partial charge in [-0.3, -0.25) is 4.52 Å². The monoisotopic (exact) mass is 952 g/mol. The molecule has 4 saturated carbocycles. The topological polar surface area (TPSA) is 236 Å². The van der Waals surface area contributed by atoms with Crippen LogP contribution in [-0.2, 0) is 70.8 Å². The summed E-state index contributed by atoms with van der Waals surface area (Å²) in [5.74, 6) is 1.55. The first kappa shape index (κ1) is 48.9. The largest absolute Gasteiger partial charge is 0.490 e. The molecular weight excluding hydrogens is 883 g/mol. The summed E-state index contributed by atoms with van der Waals surface area (Å²) in [7, 11) is 1.75. The number of hydrogen-bond donors (Lipinski definition) is 3. The van der Waals surface area contributed by atoms with Crippen molar-refractivity contribution >= 4 is 20.6 Å². The number of fused-ring (bicyclic) bond motifs is 4. The summed E-state index contributed by atoms with van der Waals surface area (Å²) in [5, 5.41) is 10.7. The third-order valence-electron chi connectivity index (χ3n) is 18.2. The fourth-order valence-corrected chi connectivity index (χ4v) is 15.7. The van der Waals surface area contributed by atoms with Crippen LogP contribution < -0.4 is 0 Å². The fourth-order valence-electron chi connectivity index (χ4n) is 15.5. The smallest absolute Gasteiger partial charge is 0.471 e. The molecule has 4 spiro atoms. The number of ether oxygens (including phenoxy) is 11. The first-order valence-electron chi connectivity index (χ1n) is 23.3. The van der Waals surface area contributed by atoms with Crippen molar-refractivity contribution in [2.75, 3.05) is 55.2 Å². The van der Waals surface area contributed by atoms with Crippen molar-refractivity contribution in [3.05, 3.63) is 34.6 Å². The highest BCUT2D eigenvalue weighted by Crippen LogP contribution is 2.81. The summed E-state index contributed by atoms with van der Waals surface area (Å²) in [6.07, 6.45) is 3.95. The number of methoxy groups -OCH3 is 3. The number of allylic oxidation sites excluding steroid dienone is 1. The van der Waals surface area contributed by atoms with Gasteiger partial charge >= 0.3 is 13.8 Å². The number of phosphoric ester groups is 1. The molecule has 4 saturated heterocycles. The lowest BCUT2D eigenvalue weighted by Crippen LogP contribution is -2.70. The van der Waals surface area contributed by atoms with Crippen LogP contribution in [0.4, 0.5) is 0 Å². The van der Waals surface area contributed by atoms with Crippen molar-refractivity contribution in [1.82, 2.24) is 0 Å². The average Bonchev–Trinajstić information content (AvgIpc) is 4.18. The maximum absolute atomic E-state index is 12.2. The highest BCUT2D eigenvalue weighted by Gasteiger charge is 2.96. The van der Waals surface area contributed by atoms with Crippen LogP contribution in [-0.4, -0.2) is 154 Å². The SMILES string of the molecule is C=C1OCC2=C1CCC1(C)C2CC2OC23C(OCOC)C(C(C)C)CC2OC213.C=O.COC.COC1C(C(C)O)C(OCOP(=O)(O)O)C23OC2CC2C4=C(CCC2(C)C32OC12)C(=O)OC4. The molecule has 0 amide bonds. The Balaban J connectivity index is 0.000000153. The van der Waals surface area contributed by atoms with Gasteiger partial charge in [0.2, 0.25) is 0 Å². The zero-order valence-electron chi connectivity index (χ0n) is 39.6. The fraction of sp³-hybridized carbons (Fsp3) is 0.830. The number of esters is 1. The van der Waals surface area contributed by atoms with E-state index in [1.54, 1.807) is 35.4 Å². The van der Waals surface area contributed by atoms with E-state index in [9.17, 15) is 14.5 Å². The zero-order valence-corrected chi connectivity index (χ0v) is 40.5. The predicted octanol–water partition coefficient (Wildman–Crippen LogP) is 4.08. The van der Waals surface area contributed by atoms with Crippen LogP contribution in [0.3, 0.4) is 0 Å². The molecule has 18 nitrogen and oxygen atoms in total. The lowest BCUT2D eigenvalue weighted by atomic mass is 9.46. The summed E-state index contributed by atoms with van der Waals surface area (Å²) in [6.45, 7) is 17.6. The maximum Gasteiger partial charge on any atom is 0.471 e. The van der Waals surface area contributed by atoms with E-state index < -0.39 is 55.5 Å². The quantitative estimate of drug-likeness (QED) is 0.121. The van der Waals surface area contributed by atoms with Gasteiger partial charge < -0.3 is 71.8 Å². The van der Waals surface area contributed by atoms with Crippen LogP contribution in [0.1, 0.15) is 79.6 Å². The third-order valence-corrected chi connectivity index (χ3v) is 18.7. The van der Waals surface area contributed by atoms with Gasteiger partial charge in [0, 0.05) is 50.8 Å². The van der Waals surface area contributed by atoms with Crippen LogP contribution in [0.15, 0.2) is 34.6 Å². The Morgan fingerprint density at radius 3 is 1.91 bits per heavy atom. The first-order valence-corrected chi connectivity index (χ1v) is 24.8. The zero-order chi connectivity index (χ0) is 47.7. The van der Waals surface area contributed by atoms with E-state index in [0.29, 0.717) is 50.4 Å². The van der Waals surface area contributed by atoms with Crippen LogP contribution in [0.5, 0.6) is 0 Å². The molecule has 8 fully saturated rings. The van der Waals surface area contributed by atoms with Crippen LogP contribution in [0.25, 0.3) is 0 Å². The molecule has 12 aliphatic rings. The Hall–Kier alpha value is -2.13. The number of rotatable bonds is 10. The minimum Gasteiger partial charge on any atom is -0.490 e. The van der Waals surface area contributed by atoms with Gasteiger partial charge in [-0.2, -0.15) is 0 Å². The van der Waals surface area contributed by atoms with Crippen molar-refractivity contribution < 1.29 is 85.7 Å². The summed E-state index contributed by atoms with van der Waals surface area (Å²) in [4.78, 5) is 38.5.